The number of halogens is 1. The van der Waals surface area contributed by atoms with Gasteiger partial charge in [0.2, 0.25) is 5.91 Å². The van der Waals surface area contributed by atoms with Gasteiger partial charge in [-0.25, -0.2) is 5.43 Å². The molecule has 1 aliphatic rings. The highest BCUT2D eigenvalue weighted by Crippen LogP contribution is 2.32. The Morgan fingerprint density at radius 3 is 2.55 bits per heavy atom. The van der Waals surface area contributed by atoms with Crippen molar-refractivity contribution in [3.63, 3.8) is 0 Å². The summed E-state index contributed by atoms with van der Waals surface area (Å²) >= 11 is 6.00. The number of hydrazone groups is 1. The fourth-order valence-corrected chi connectivity index (χ4v) is 2.89. The molecule has 1 heterocycles. The van der Waals surface area contributed by atoms with Crippen molar-refractivity contribution in [2.24, 2.45) is 5.10 Å². The van der Waals surface area contributed by atoms with E-state index in [9.17, 15) is 14.4 Å². The average molecular weight is 445 g/mol. The molecule has 3 N–H and O–H groups in total. The predicted octanol–water partition coefficient (Wildman–Crippen LogP) is 2.88. The van der Waals surface area contributed by atoms with Crippen LogP contribution in [0.4, 0.5) is 11.4 Å². The SMILES string of the molecule is CC(CC(=O)Nc1ccc2c(c1)OCCO2)=NNC(=O)C(=O)Nc1cccc(Cl)c1C. The number of hydrogen-bond acceptors (Lipinski definition) is 6. The van der Waals surface area contributed by atoms with Crippen LogP contribution in [0.15, 0.2) is 41.5 Å². The molecular formula is C21H21ClN4O5. The lowest BCUT2D eigenvalue weighted by Gasteiger charge is -2.19. The number of carbonyl (C=O) groups excluding carboxylic acids is 3. The van der Waals surface area contributed by atoms with Gasteiger partial charge in [-0.05, 0) is 43.7 Å². The van der Waals surface area contributed by atoms with Crippen LogP contribution in [-0.4, -0.2) is 36.6 Å². The molecule has 0 saturated carbocycles. The first-order valence-electron chi connectivity index (χ1n) is 9.42. The van der Waals surface area contributed by atoms with Crippen LogP contribution >= 0.6 is 11.6 Å². The molecule has 0 unspecified atom stereocenters. The van der Waals surface area contributed by atoms with Crippen molar-refractivity contribution >= 4 is 46.4 Å². The lowest BCUT2D eigenvalue weighted by molar-refractivity contribution is -0.136. The van der Waals surface area contributed by atoms with E-state index in [-0.39, 0.29) is 12.3 Å². The third kappa shape index (κ3) is 5.95. The molecule has 3 amide bonds. The van der Waals surface area contributed by atoms with E-state index < -0.39 is 11.8 Å². The van der Waals surface area contributed by atoms with Crippen molar-refractivity contribution in [2.75, 3.05) is 23.8 Å². The number of nitrogens with one attached hydrogen (secondary N) is 3. The fourth-order valence-electron chi connectivity index (χ4n) is 2.72. The number of nitrogens with zero attached hydrogens (tertiary/aromatic N) is 1. The minimum Gasteiger partial charge on any atom is -0.486 e. The predicted molar refractivity (Wildman–Crippen MR) is 117 cm³/mol. The van der Waals surface area contributed by atoms with E-state index in [1.54, 1.807) is 50.2 Å². The van der Waals surface area contributed by atoms with Gasteiger partial charge in [0.05, 0.1) is 6.42 Å². The molecule has 0 atom stereocenters. The fraction of sp³-hybridized carbons (Fsp3) is 0.238. The topological polar surface area (TPSA) is 118 Å². The molecule has 0 aliphatic carbocycles. The van der Waals surface area contributed by atoms with Gasteiger partial charge in [0, 0.05) is 28.2 Å². The number of hydrogen-bond donors (Lipinski definition) is 3. The Balaban J connectivity index is 1.50. The summed E-state index contributed by atoms with van der Waals surface area (Å²) in [5.41, 5.74) is 4.06. The first-order chi connectivity index (χ1) is 14.8. The number of amides is 3. The first kappa shape index (κ1) is 22.1. The molecule has 10 heteroatoms. The van der Waals surface area contributed by atoms with E-state index in [0.717, 1.165) is 0 Å². The average Bonchev–Trinajstić information content (AvgIpc) is 2.75. The molecular weight excluding hydrogens is 424 g/mol. The molecule has 2 aromatic rings. The summed E-state index contributed by atoms with van der Waals surface area (Å²) in [6.07, 6.45) is -0.0796. The van der Waals surface area contributed by atoms with Crippen LogP contribution in [0.5, 0.6) is 11.5 Å². The second kappa shape index (κ2) is 9.94. The molecule has 9 nitrogen and oxygen atoms in total. The summed E-state index contributed by atoms with van der Waals surface area (Å²) in [5, 5.41) is 9.46. The van der Waals surface area contributed by atoms with Gasteiger partial charge in [0.1, 0.15) is 13.2 Å². The minimum absolute atomic E-state index is 0.0796. The van der Waals surface area contributed by atoms with Crippen LogP contribution in [-0.2, 0) is 14.4 Å². The van der Waals surface area contributed by atoms with Crippen LogP contribution in [0.2, 0.25) is 5.02 Å². The molecule has 1 aliphatic heterocycles. The molecule has 0 aromatic heterocycles. The maximum atomic E-state index is 12.2. The highest BCUT2D eigenvalue weighted by molar-refractivity contribution is 6.40. The lowest BCUT2D eigenvalue weighted by atomic mass is 10.2. The maximum absolute atomic E-state index is 12.2. The summed E-state index contributed by atoms with van der Waals surface area (Å²) in [6, 6.07) is 10.0. The van der Waals surface area contributed by atoms with Gasteiger partial charge in [-0.3, -0.25) is 14.4 Å². The molecule has 3 rings (SSSR count). The molecule has 0 bridgehead atoms. The van der Waals surface area contributed by atoms with Crippen LogP contribution in [0.25, 0.3) is 0 Å². The van der Waals surface area contributed by atoms with Gasteiger partial charge < -0.3 is 20.1 Å². The van der Waals surface area contributed by atoms with E-state index in [1.807, 2.05) is 0 Å². The maximum Gasteiger partial charge on any atom is 0.329 e. The van der Waals surface area contributed by atoms with Crippen molar-refractivity contribution in [1.29, 1.82) is 0 Å². The summed E-state index contributed by atoms with van der Waals surface area (Å²) in [5.74, 6) is -1.03. The lowest BCUT2D eigenvalue weighted by Crippen LogP contribution is -2.33. The second-order valence-corrected chi connectivity index (χ2v) is 7.15. The van der Waals surface area contributed by atoms with Gasteiger partial charge in [-0.15, -0.1) is 0 Å². The van der Waals surface area contributed by atoms with Crippen molar-refractivity contribution in [3.05, 3.63) is 47.0 Å². The van der Waals surface area contributed by atoms with Gasteiger partial charge in [0.25, 0.3) is 0 Å². The summed E-state index contributed by atoms with van der Waals surface area (Å²) in [7, 11) is 0. The molecule has 0 fully saturated rings. The monoisotopic (exact) mass is 444 g/mol. The van der Waals surface area contributed by atoms with Gasteiger partial charge >= 0.3 is 11.8 Å². The van der Waals surface area contributed by atoms with Crippen molar-refractivity contribution in [1.82, 2.24) is 5.43 Å². The number of anilines is 2. The van der Waals surface area contributed by atoms with Crippen LogP contribution in [0, 0.1) is 6.92 Å². The zero-order valence-corrected chi connectivity index (χ0v) is 17.7. The molecule has 31 heavy (non-hydrogen) atoms. The van der Waals surface area contributed by atoms with Crippen molar-refractivity contribution in [3.8, 4) is 11.5 Å². The number of benzene rings is 2. The molecule has 2 aromatic carbocycles. The van der Waals surface area contributed by atoms with Gasteiger partial charge in [-0.1, -0.05) is 17.7 Å². The number of fused-ring (bicyclic) bond motifs is 1. The smallest absolute Gasteiger partial charge is 0.329 e. The Labute approximate surface area is 183 Å². The third-order valence-electron chi connectivity index (χ3n) is 4.31. The summed E-state index contributed by atoms with van der Waals surface area (Å²) < 4.78 is 10.9. The Morgan fingerprint density at radius 2 is 1.77 bits per heavy atom. The molecule has 0 spiro atoms. The third-order valence-corrected chi connectivity index (χ3v) is 4.72. The van der Waals surface area contributed by atoms with E-state index >= 15 is 0 Å². The van der Waals surface area contributed by atoms with Crippen molar-refractivity contribution < 1.29 is 23.9 Å². The number of carbonyl (C=O) groups is 3. The Hall–Kier alpha value is -3.59. The molecule has 0 saturated heterocycles. The van der Waals surface area contributed by atoms with Crippen LogP contribution in [0.1, 0.15) is 18.9 Å². The van der Waals surface area contributed by atoms with Gasteiger partial charge in [-0.2, -0.15) is 5.10 Å². The highest BCUT2D eigenvalue weighted by Gasteiger charge is 2.16. The Bertz CT molecular complexity index is 1050. The highest BCUT2D eigenvalue weighted by atomic mass is 35.5. The van der Waals surface area contributed by atoms with Crippen molar-refractivity contribution in [2.45, 2.75) is 20.3 Å². The van der Waals surface area contributed by atoms with Crippen LogP contribution < -0.4 is 25.5 Å². The molecule has 162 valence electrons. The Morgan fingerprint density at radius 1 is 1.03 bits per heavy atom. The standard InChI is InChI=1S/C21H21ClN4O5/c1-12(10-19(27)23-14-6-7-17-18(11-14)31-9-8-30-17)25-26-21(29)20(28)24-16-5-3-4-15(22)13(16)2/h3-7,11H,8-10H2,1-2H3,(H,23,27)(H,24,28)(H,26,29). The Kier molecular flexibility index (Phi) is 7.09. The summed E-state index contributed by atoms with van der Waals surface area (Å²) in [6.45, 7) is 4.21. The minimum atomic E-state index is -0.967. The zero-order chi connectivity index (χ0) is 22.4. The number of rotatable bonds is 5. The van der Waals surface area contributed by atoms with Gasteiger partial charge in [0.15, 0.2) is 11.5 Å². The normalized spacial score (nSPS) is 12.7. The van der Waals surface area contributed by atoms with Crippen LogP contribution in [0.3, 0.4) is 0 Å². The number of ether oxygens (including phenoxy) is 2. The van der Waals surface area contributed by atoms with E-state index in [2.05, 4.69) is 21.2 Å². The van der Waals surface area contributed by atoms with E-state index in [1.165, 1.54) is 0 Å². The quantitative estimate of drug-likeness (QED) is 0.372. The largest absolute Gasteiger partial charge is 0.486 e. The van der Waals surface area contributed by atoms with E-state index in [0.29, 0.717) is 52.4 Å². The second-order valence-electron chi connectivity index (χ2n) is 6.74. The first-order valence-corrected chi connectivity index (χ1v) is 9.80. The zero-order valence-electron chi connectivity index (χ0n) is 17.0. The van der Waals surface area contributed by atoms with E-state index in [4.69, 9.17) is 21.1 Å². The molecule has 0 radical (unpaired) electrons. The summed E-state index contributed by atoms with van der Waals surface area (Å²) in [4.78, 5) is 36.2.